The van der Waals surface area contributed by atoms with E-state index in [4.69, 9.17) is 0 Å². The molecule has 7 heteroatoms. The van der Waals surface area contributed by atoms with Crippen molar-refractivity contribution in [1.82, 2.24) is 4.72 Å². The SMILES string of the molecule is CC(=O)c1cccc(S(=O)(=O)NCC2CSCCS2)c1. The van der Waals surface area contributed by atoms with E-state index in [2.05, 4.69) is 4.72 Å². The van der Waals surface area contributed by atoms with Crippen molar-refractivity contribution >= 4 is 39.3 Å². The lowest BCUT2D eigenvalue weighted by atomic mass is 10.2. The number of rotatable bonds is 5. The second-order valence-electron chi connectivity index (χ2n) is 4.50. The smallest absolute Gasteiger partial charge is 0.240 e. The molecule has 1 heterocycles. The molecular weight excluding hydrogens is 314 g/mol. The Labute approximate surface area is 128 Å². The van der Waals surface area contributed by atoms with Gasteiger partial charge in [0.05, 0.1) is 4.90 Å². The highest BCUT2D eigenvalue weighted by molar-refractivity contribution is 8.06. The summed E-state index contributed by atoms with van der Waals surface area (Å²) >= 11 is 3.66. The highest BCUT2D eigenvalue weighted by Crippen LogP contribution is 2.23. The zero-order chi connectivity index (χ0) is 14.6. The minimum atomic E-state index is -3.54. The van der Waals surface area contributed by atoms with Gasteiger partial charge in [0.25, 0.3) is 0 Å². The van der Waals surface area contributed by atoms with Gasteiger partial charge in [0, 0.05) is 34.6 Å². The summed E-state index contributed by atoms with van der Waals surface area (Å²) in [6.07, 6.45) is 0. The lowest BCUT2D eigenvalue weighted by Crippen LogP contribution is -2.33. The number of carbonyl (C=O) groups is 1. The molecule has 1 saturated heterocycles. The fraction of sp³-hybridized carbons (Fsp3) is 0.462. The van der Waals surface area contributed by atoms with Crippen molar-refractivity contribution in [2.45, 2.75) is 17.1 Å². The Hall–Kier alpha value is -0.500. The quantitative estimate of drug-likeness (QED) is 0.836. The highest BCUT2D eigenvalue weighted by Gasteiger charge is 2.19. The van der Waals surface area contributed by atoms with Crippen LogP contribution in [0.5, 0.6) is 0 Å². The topological polar surface area (TPSA) is 63.2 Å². The van der Waals surface area contributed by atoms with E-state index in [0.29, 0.717) is 17.4 Å². The number of ketones is 1. The molecule has 0 spiro atoms. The summed E-state index contributed by atoms with van der Waals surface area (Å²) in [6.45, 7) is 1.86. The van der Waals surface area contributed by atoms with Gasteiger partial charge in [-0.05, 0) is 19.1 Å². The minimum absolute atomic E-state index is 0.138. The van der Waals surface area contributed by atoms with Crippen LogP contribution >= 0.6 is 23.5 Å². The Morgan fingerprint density at radius 2 is 2.20 bits per heavy atom. The molecule has 0 saturated carbocycles. The molecule has 0 aromatic heterocycles. The van der Waals surface area contributed by atoms with Gasteiger partial charge in [-0.3, -0.25) is 4.79 Å². The van der Waals surface area contributed by atoms with Crippen molar-refractivity contribution in [1.29, 1.82) is 0 Å². The lowest BCUT2D eigenvalue weighted by molar-refractivity contribution is 0.101. The highest BCUT2D eigenvalue weighted by atomic mass is 32.2. The first kappa shape index (κ1) is 15.9. The van der Waals surface area contributed by atoms with E-state index >= 15 is 0 Å². The molecule has 20 heavy (non-hydrogen) atoms. The molecule has 0 bridgehead atoms. The molecule has 0 aliphatic carbocycles. The number of hydrogen-bond acceptors (Lipinski definition) is 5. The summed E-state index contributed by atoms with van der Waals surface area (Å²) in [5.41, 5.74) is 0.412. The second-order valence-corrected chi connectivity index (χ2v) is 8.83. The van der Waals surface area contributed by atoms with Crippen molar-refractivity contribution in [3.8, 4) is 0 Å². The van der Waals surface area contributed by atoms with Gasteiger partial charge < -0.3 is 0 Å². The minimum Gasteiger partial charge on any atom is -0.295 e. The van der Waals surface area contributed by atoms with Gasteiger partial charge in [-0.2, -0.15) is 23.5 Å². The van der Waals surface area contributed by atoms with Crippen molar-refractivity contribution in [2.75, 3.05) is 23.8 Å². The molecule has 1 aromatic carbocycles. The molecule has 1 N–H and O–H groups in total. The van der Waals surface area contributed by atoms with Crippen LogP contribution in [0.4, 0.5) is 0 Å². The Morgan fingerprint density at radius 3 is 2.85 bits per heavy atom. The molecular formula is C13H17NO3S3. The van der Waals surface area contributed by atoms with Gasteiger partial charge in [-0.25, -0.2) is 13.1 Å². The molecule has 1 aliphatic heterocycles. The van der Waals surface area contributed by atoms with Crippen molar-refractivity contribution < 1.29 is 13.2 Å². The van der Waals surface area contributed by atoms with Crippen molar-refractivity contribution in [3.05, 3.63) is 29.8 Å². The maximum absolute atomic E-state index is 12.2. The summed E-state index contributed by atoms with van der Waals surface area (Å²) in [7, 11) is -3.54. The predicted octanol–water partition coefficient (Wildman–Crippen LogP) is 2.02. The number of sulfonamides is 1. The van der Waals surface area contributed by atoms with Crippen molar-refractivity contribution in [2.24, 2.45) is 0 Å². The van der Waals surface area contributed by atoms with Crippen LogP contribution in [-0.2, 0) is 10.0 Å². The number of thioether (sulfide) groups is 2. The Morgan fingerprint density at radius 1 is 1.40 bits per heavy atom. The van der Waals surface area contributed by atoms with E-state index in [1.165, 1.54) is 19.1 Å². The molecule has 0 amide bonds. The number of Topliss-reactive ketones (excluding diaryl/α,β-unsaturated/α-hetero) is 1. The van der Waals surface area contributed by atoms with Crippen LogP contribution in [0.15, 0.2) is 29.2 Å². The average Bonchev–Trinajstić information content (AvgIpc) is 2.46. The number of benzene rings is 1. The van der Waals surface area contributed by atoms with E-state index in [-0.39, 0.29) is 10.7 Å². The normalized spacial score (nSPS) is 19.8. The van der Waals surface area contributed by atoms with E-state index in [1.54, 1.807) is 23.9 Å². The molecule has 1 unspecified atom stereocenters. The lowest BCUT2D eigenvalue weighted by Gasteiger charge is -2.21. The standard InChI is InChI=1S/C13H17NO3S3/c1-10(15)11-3-2-4-13(7-11)20(16,17)14-8-12-9-18-5-6-19-12/h2-4,7,12,14H,5-6,8-9H2,1H3. The Kier molecular flexibility index (Phi) is 5.54. The predicted molar refractivity (Wildman–Crippen MR) is 85.2 cm³/mol. The fourth-order valence-corrected chi connectivity index (χ4v) is 5.67. The summed E-state index contributed by atoms with van der Waals surface area (Å²) < 4.78 is 27.1. The Bertz CT molecular complexity index is 580. The number of hydrogen-bond donors (Lipinski definition) is 1. The van der Waals surface area contributed by atoms with Gasteiger partial charge in [0.2, 0.25) is 10.0 Å². The first-order valence-corrected chi connectivity index (χ1v) is 9.98. The summed E-state index contributed by atoms with van der Waals surface area (Å²) in [5, 5.41) is 0.319. The van der Waals surface area contributed by atoms with E-state index in [1.807, 2.05) is 11.8 Å². The van der Waals surface area contributed by atoms with Crippen molar-refractivity contribution in [3.63, 3.8) is 0 Å². The van der Waals surface area contributed by atoms with E-state index in [0.717, 1.165) is 17.3 Å². The van der Waals surface area contributed by atoms with Crippen LogP contribution in [0, 0.1) is 0 Å². The van der Waals surface area contributed by atoms with Gasteiger partial charge in [0.15, 0.2) is 5.78 Å². The molecule has 1 aliphatic rings. The van der Waals surface area contributed by atoms with Crippen LogP contribution in [0.2, 0.25) is 0 Å². The molecule has 1 aromatic rings. The monoisotopic (exact) mass is 331 g/mol. The molecule has 0 radical (unpaired) electrons. The van der Waals surface area contributed by atoms with Gasteiger partial charge >= 0.3 is 0 Å². The average molecular weight is 331 g/mol. The van der Waals surface area contributed by atoms with Crippen LogP contribution in [-0.4, -0.2) is 43.3 Å². The zero-order valence-electron chi connectivity index (χ0n) is 11.2. The van der Waals surface area contributed by atoms with Gasteiger partial charge in [-0.15, -0.1) is 0 Å². The second kappa shape index (κ2) is 6.98. The molecule has 110 valence electrons. The van der Waals surface area contributed by atoms with Gasteiger partial charge in [-0.1, -0.05) is 12.1 Å². The molecule has 1 atom stereocenters. The zero-order valence-corrected chi connectivity index (χ0v) is 13.6. The summed E-state index contributed by atoms with van der Waals surface area (Å²) in [5.74, 6) is 3.04. The third-order valence-electron chi connectivity index (χ3n) is 2.94. The largest absolute Gasteiger partial charge is 0.295 e. The van der Waals surface area contributed by atoms with Crippen LogP contribution in [0.3, 0.4) is 0 Å². The third-order valence-corrected chi connectivity index (χ3v) is 7.20. The van der Waals surface area contributed by atoms with E-state index in [9.17, 15) is 13.2 Å². The first-order valence-electron chi connectivity index (χ1n) is 6.29. The molecule has 2 rings (SSSR count). The van der Waals surface area contributed by atoms with E-state index < -0.39 is 10.0 Å². The summed E-state index contributed by atoms with van der Waals surface area (Å²) in [6, 6.07) is 6.15. The maximum Gasteiger partial charge on any atom is 0.240 e. The maximum atomic E-state index is 12.2. The fourth-order valence-electron chi connectivity index (χ4n) is 1.82. The Balaban J connectivity index is 2.05. The van der Waals surface area contributed by atoms with Crippen LogP contribution in [0.1, 0.15) is 17.3 Å². The third kappa shape index (κ3) is 4.25. The summed E-state index contributed by atoms with van der Waals surface area (Å²) in [4.78, 5) is 11.5. The number of nitrogens with one attached hydrogen (secondary N) is 1. The van der Waals surface area contributed by atoms with Crippen LogP contribution < -0.4 is 4.72 Å². The number of carbonyl (C=O) groups excluding carboxylic acids is 1. The molecule has 4 nitrogen and oxygen atoms in total. The molecule has 1 fully saturated rings. The van der Waals surface area contributed by atoms with Gasteiger partial charge in [0.1, 0.15) is 0 Å². The first-order chi connectivity index (χ1) is 9.49. The van der Waals surface area contributed by atoms with Crippen LogP contribution in [0.25, 0.3) is 0 Å².